The van der Waals surface area contributed by atoms with Crippen molar-refractivity contribution in [1.29, 1.82) is 0 Å². The second-order valence-electron chi connectivity index (χ2n) is 9.76. The Morgan fingerprint density at radius 3 is 2.20 bits per heavy atom. The summed E-state index contributed by atoms with van der Waals surface area (Å²) < 4.78 is 15.8. The zero-order valence-corrected chi connectivity index (χ0v) is 18.0. The molecule has 0 aliphatic heterocycles. The van der Waals surface area contributed by atoms with Crippen LogP contribution in [0.3, 0.4) is 0 Å². The van der Waals surface area contributed by atoms with Crippen LogP contribution in [-0.2, 0) is 10.8 Å². The van der Waals surface area contributed by atoms with Crippen LogP contribution in [0, 0.1) is 5.82 Å². The van der Waals surface area contributed by atoms with Crippen molar-refractivity contribution in [3.63, 3.8) is 0 Å². The second-order valence-corrected chi connectivity index (χ2v) is 9.76. The van der Waals surface area contributed by atoms with Gasteiger partial charge >= 0.3 is 0 Å². The first-order valence-electron chi connectivity index (χ1n) is 10.7. The highest BCUT2D eigenvalue weighted by atomic mass is 19.1. The Bertz CT molecular complexity index is 1250. The molecular formula is C27H27FN2. The maximum absolute atomic E-state index is 13.5. The van der Waals surface area contributed by atoms with E-state index in [-0.39, 0.29) is 16.6 Å². The Balaban J connectivity index is 1.78. The number of imidazole rings is 1. The number of hydrogen-bond acceptors (Lipinski definition) is 1. The van der Waals surface area contributed by atoms with E-state index in [0.29, 0.717) is 0 Å². The van der Waals surface area contributed by atoms with Crippen LogP contribution in [0.5, 0.6) is 0 Å². The van der Waals surface area contributed by atoms with Crippen LogP contribution in [-0.4, -0.2) is 9.55 Å². The summed E-state index contributed by atoms with van der Waals surface area (Å²) in [6.45, 7) is 9.38. The number of fused-ring (bicyclic) bond motifs is 2. The molecule has 1 aliphatic carbocycles. The van der Waals surface area contributed by atoms with Gasteiger partial charge in [-0.25, -0.2) is 9.37 Å². The first-order chi connectivity index (χ1) is 14.3. The summed E-state index contributed by atoms with van der Waals surface area (Å²) in [6.07, 6.45) is 2.37. The number of nitrogens with zero attached hydrogens (tertiary/aromatic N) is 2. The average Bonchev–Trinajstić information content (AvgIpc) is 3.11. The van der Waals surface area contributed by atoms with E-state index in [2.05, 4.69) is 56.5 Å². The Kier molecular flexibility index (Phi) is 4.15. The van der Waals surface area contributed by atoms with Crippen LogP contribution >= 0.6 is 0 Å². The maximum atomic E-state index is 13.5. The summed E-state index contributed by atoms with van der Waals surface area (Å²) in [5.41, 5.74) is 7.18. The minimum Gasteiger partial charge on any atom is -0.292 e. The summed E-state index contributed by atoms with van der Waals surface area (Å²) in [6, 6.07) is 21.6. The third-order valence-electron chi connectivity index (χ3n) is 6.76. The maximum Gasteiger partial charge on any atom is 0.145 e. The van der Waals surface area contributed by atoms with Gasteiger partial charge < -0.3 is 0 Å². The third-order valence-corrected chi connectivity index (χ3v) is 6.76. The van der Waals surface area contributed by atoms with E-state index < -0.39 is 0 Å². The van der Waals surface area contributed by atoms with Gasteiger partial charge in [0, 0.05) is 11.3 Å². The van der Waals surface area contributed by atoms with E-state index in [9.17, 15) is 4.39 Å². The molecular weight excluding hydrogens is 371 g/mol. The highest BCUT2D eigenvalue weighted by Gasteiger charge is 2.37. The molecule has 1 heterocycles. The standard InChI is InChI=1S/C27H27FN2/c1-26(2)15-16-27(3,4)22-17-20(13-14-21(22)26)30-24-8-6-5-7-23(24)29-25(30)18-9-11-19(28)12-10-18/h5-14,17H,15-16H2,1-4H3. The molecule has 0 unspecified atom stereocenters. The van der Waals surface area contributed by atoms with Crippen molar-refractivity contribution >= 4 is 11.0 Å². The van der Waals surface area contributed by atoms with Crippen molar-refractivity contribution in [3.8, 4) is 17.1 Å². The predicted octanol–water partition coefficient (Wildman–Crippen LogP) is 7.18. The van der Waals surface area contributed by atoms with Gasteiger partial charge in [0.25, 0.3) is 0 Å². The fourth-order valence-corrected chi connectivity index (χ4v) is 4.80. The van der Waals surface area contributed by atoms with Crippen LogP contribution in [0.1, 0.15) is 51.7 Å². The smallest absolute Gasteiger partial charge is 0.145 e. The summed E-state index contributed by atoms with van der Waals surface area (Å²) in [7, 11) is 0. The highest BCUT2D eigenvalue weighted by molar-refractivity contribution is 5.83. The molecule has 0 spiro atoms. The van der Waals surface area contributed by atoms with Gasteiger partial charge in [0.05, 0.1) is 11.0 Å². The number of aromatic nitrogens is 2. The third kappa shape index (κ3) is 2.96. The van der Waals surface area contributed by atoms with Crippen molar-refractivity contribution in [2.75, 3.05) is 0 Å². The van der Waals surface area contributed by atoms with Crippen molar-refractivity contribution in [2.45, 2.75) is 51.4 Å². The van der Waals surface area contributed by atoms with Crippen molar-refractivity contribution < 1.29 is 4.39 Å². The fraction of sp³-hybridized carbons (Fsp3) is 0.296. The first-order valence-corrected chi connectivity index (χ1v) is 10.7. The number of para-hydroxylation sites is 2. The molecule has 0 fully saturated rings. The van der Waals surface area contributed by atoms with E-state index in [1.54, 1.807) is 12.1 Å². The molecule has 0 N–H and O–H groups in total. The lowest BCUT2D eigenvalue weighted by atomic mass is 9.63. The normalized spacial score (nSPS) is 17.1. The van der Waals surface area contributed by atoms with Crippen LogP contribution < -0.4 is 0 Å². The summed E-state index contributed by atoms with van der Waals surface area (Å²) in [5.74, 6) is 0.600. The first kappa shape index (κ1) is 19.0. The lowest BCUT2D eigenvalue weighted by Crippen LogP contribution is -2.33. The Labute approximate surface area is 177 Å². The van der Waals surface area contributed by atoms with Crippen LogP contribution in [0.2, 0.25) is 0 Å². The molecule has 0 saturated heterocycles. The van der Waals surface area contributed by atoms with E-state index in [1.807, 2.05) is 18.2 Å². The molecule has 152 valence electrons. The van der Waals surface area contributed by atoms with Gasteiger partial charge in [-0.2, -0.15) is 0 Å². The Morgan fingerprint density at radius 2 is 1.47 bits per heavy atom. The molecule has 1 aromatic heterocycles. The van der Waals surface area contributed by atoms with Gasteiger partial charge in [-0.05, 0) is 83.3 Å². The predicted molar refractivity (Wildman–Crippen MR) is 122 cm³/mol. The zero-order valence-electron chi connectivity index (χ0n) is 18.0. The minimum absolute atomic E-state index is 0.132. The molecule has 0 radical (unpaired) electrons. The van der Waals surface area contributed by atoms with Gasteiger partial charge in [0.1, 0.15) is 11.6 Å². The lowest BCUT2D eigenvalue weighted by molar-refractivity contribution is 0.332. The van der Waals surface area contributed by atoms with Crippen LogP contribution in [0.4, 0.5) is 4.39 Å². The lowest BCUT2D eigenvalue weighted by Gasteiger charge is -2.42. The molecule has 1 aliphatic rings. The largest absolute Gasteiger partial charge is 0.292 e. The van der Waals surface area contributed by atoms with Crippen molar-refractivity contribution in [2.24, 2.45) is 0 Å². The van der Waals surface area contributed by atoms with Crippen LogP contribution in [0.15, 0.2) is 66.7 Å². The SMILES string of the molecule is CC1(C)CCC(C)(C)c2cc(-n3c(-c4ccc(F)cc4)nc4ccccc43)ccc21. The average molecular weight is 399 g/mol. The Morgan fingerprint density at radius 1 is 0.800 bits per heavy atom. The highest BCUT2D eigenvalue weighted by Crippen LogP contribution is 2.46. The number of benzene rings is 3. The molecule has 5 rings (SSSR count). The van der Waals surface area contributed by atoms with Gasteiger partial charge in [0.15, 0.2) is 0 Å². The molecule has 4 aromatic rings. The van der Waals surface area contributed by atoms with Crippen molar-refractivity contribution in [1.82, 2.24) is 9.55 Å². The summed E-state index contributed by atoms with van der Waals surface area (Å²) >= 11 is 0. The molecule has 0 atom stereocenters. The van der Waals surface area contributed by atoms with Gasteiger partial charge in [0.2, 0.25) is 0 Å². The van der Waals surface area contributed by atoms with Gasteiger partial charge in [-0.1, -0.05) is 45.9 Å². The van der Waals surface area contributed by atoms with E-state index in [0.717, 1.165) is 28.1 Å². The molecule has 3 aromatic carbocycles. The minimum atomic E-state index is -0.237. The van der Waals surface area contributed by atoms with Gasteiger partial charge in [-0.3, -0.25) is 4.57 Å². The van der Waals surface area contributed by atoms with E-state index in [4.69, 9.17) is 4.98 Å². The second kappa shape index (κ2) is 6.53. The monoisotopic (exact) mass is 398 g/mol. The topological polar surface area (TPSA) is 17.8 Å². The molecule has 2 nitrogen and oxygen atoms in total. The van der Waals surface area contributed by atoms with Crippen molar-refractivity contribution in [3.05, 3.63) is 83.7 Å². The van der Waals surface area contributed by atoms with Crippen LogP contribution in [0.25, 0.3) is 28.1 Å². The molecule has 3 heteroatoms. The quantitative estimate of drug-likeness (QED) is 0.350. The molecule has 0 bridgehead atoms. The summed E-state index contributed by atoms with van der Waals surface area (Å²) in [4.78, 5) is 4.91. The number of rotatable bonds is 2. The molecule has 30 heavy (non-hydrogen) atoms. The summed E-state index contributed by atoms with van der Waals surface area (Å²) in [5, 5.41) is 0. The molecule has 0 amide bonds. The van der Waals surface area contributed by atoms with E-state index in [1.165, 1.54) is 36.1 Å². The number of halogens is 1. The zero-order chi connectivity index (χ0) is 21.1. The van der Waals surface area contributed by atoms with E-state index >= 15 is 0 Å². The molecule has 0 saturated carbocycles. The number of hydrogen-bond donors (Lipinski definition) is 0. The Hall–Kier alpha value is -2.94. The fourth-order valence-electron chi connectivity index (χ4n) is 4.80. The van der Waals surface area contributed by atoms with Gasteiger partial charge in [-0.15, -0.1) is 0 Å².